The first-order valence-electron chi connectivity index (χ1n) is 7.60. The fourth-order valence-electron chi connectivity index (χ4n) is 2.71. The van der Waals surface area contributed by atoms with Gasteiger partial charge in [0.1, 0.15) is 0 Å². The second-order valence-electron chi connectivity index (χ2n) is 5.50. The molecule has 0 spiro atoms. The number of amides is 2. The highest BCUT2D eigenvalue weighted by atomic mass is 16.2. The minimum Gasteiger partial charge on any atom is -0.371 e. The van der Waals surface area contributed by atoms with E-state index in [4.69, 9.17) is 0 Å². The molecule has 1 N–H and O–H groups in total. The van der Waals surface area contributed by atoms with Gasteiger partial charge in [0.2, 0.25) is 5.91 Å². The summed E-state index contributed by atoms with van der Waals surface area (Å²) in [7, 11) is 2.01. The van der Waals surface area contributed by atoms with Crippen molar-refractivity contribution in [1.82, 2.24) is 5.32 Å². The minimum atomic E-state index is -0.235. The van der Waals surface area contributed by atoms with Crippen LogP contribution >= 0.6 is 0 Å². The Morgan fingerprint density at radius 3 is 2.35 bits per heavy atom. The highest BCUT2D eigenvalue weighted by Crippen LogP contribution is 2.31. The molecule has 118 valence electrons. The molecule has 0 unspecified atom stereocenters. The maximum Gasteiger partial charge on any atom is 0.251 e. The number of fused-ring (bicyclic) bond motifs is 1. The summed E-state index contributed by atoms with van der Waals surface area (Å²) >= 11 is 0. The summed E-state index contributed by atoms with van der Waals surface area (Å²) in [6.45, 7) is 1.38. The molecule has 0 bridgehead atoms. The largest absolute Gasteiger partial charge is 0.371 e. The number of likely N-dealkylation sites (N-methyl/N-ethyl adjacent to an activating group) is 1. The third-order valence-electron chi connectivity index (χ3n) is 3.98. The Bertz CT molecular complexity index is 715. The molecule has 0 aliphatic carbocycles. The standard InChI is InChI=1S/C18H19N3O2/c1-20-11-12-21(16-10-6-5-9-15(16)20)17(22)13-19-18(23)14-7-3-2-4-8-14/h2-10H,11-13H2,1H3,(H,19,23). The first-order chi connectivity index (χ1) is 11.2. The second kappa shape index (κ2) is 6.52. The van der Waals surface area contributed by atoms with Crippen LogP contribution in [0.3, 0.4) is 0 Å². The third kappa shape index (κ3) is 3.18. The zero-order chi connectivity index (χ0) is 16.2. The summed E-state index contributed by atoms with van der Waals surface area (Å²) in [6, 6.07) is 16.7. The average molecular weight is 309 g/mol. The van der Waals surface area contributed by atoms with Crippen LogP contribution in [0.5, 0.6) is 0 Å². The van der Waals surface area contributed by atoms with Crippen LogP contribution < -0.4 is 15.1 Å². The predicted molar refractivity (Wildman–Crippen MR) is 90.8 cm³/mol. The van der Waals surface area contributed by atoms with Gasteiger partial charge in [-0.15, -0.1) is 0 Å². The number of para-hydroxylation sites is 2. The van der Waals surface area contributed by atoms with Crippen LogP contribution in [0, 0.1) is 0 Å². The summed E-state index contributed by atoms with van der Waals surface area (Å²) in [5.41, 5.74) is 2.47. The third-order valence-corrected chi connectivity index (χ3v) is 3.98. The van der Waals surface area contributed by atoms with Crippen molar-refractivity contribution in [3.63, 3.8) is 0 Å². The number of hydrogen-bond acceptors (Lipinski definition) is 3. The van der Waals surface area contributed by atoms with Crippen molar-refractivity contribution < 1.29 is 9.59 Å². The predicted octanol–water partition coefficient (Wildman–Crippen LogP) is 1.90. The monoisotopic (exact) mass is 309 g/mol. The van der Waals surface area contributed by atoms with Gasteiger partial charge in [0.15, 0.2) is 0 Å². The Morgan fingerprint density at radius 1 is 0.957 bits per heavy atom. The topological polar surface area (TPSA) is 52.6 Å². The lowest BCUT2D eigenvalue weighted by molar-refractivity contribution is -0.117. The number of anilines is 2. The Morgan fingerprint density at radius 2 is 1.61 bits per heavy atom. The van der Waals surface area contributed by atoms with Crippen molar-refractivity contribution in [1.29, 1.82) is 0 Å². The van der Waals surface area contributed by atoms with E-state index >= 15 is 0 Å². The molecular formula is C18H19N3O2. The number of rotatable bonds is 3. The molecule has 0 fully saturated rings. The first kappa shape index (κ1) is 15.1. The molecule has 0 saturated heterocycles. The van der Waals surface area contributed by atoms with Gasteiger partial charge in [-0.3, -0.25) is 9.59 Å². The van der Waals surface area contributed by atoms with Gasteiger partial charge in [0.25, 0.3) is 5.91 Å². The van der Waals surface area contributed by atoms with E-state index in [-0.39, 0.29) is 18.4 Å². The molecule has 23 heavy (non-hydrogen) atoms. The molecule has 0 saturated carbocycles. The van der Waals surface area contributed by atoms with E-state index in [0.29, 0.717) is 12.1 Å². The van der Waals surface area contributed by atoms with Crippen LogP contribution in [0.4, 0.5) is 11.4 Å². The van der Waals surface area contributed by atoms with Gasteiger partial charge in [-0.1, -0.05) is 30.3 Å². The van der Waals surface area contributed by atoms with Crippen molar-refractivity contribution in [2.24, 2.45) is 0 Å². The summed E-state index contributed by atoms with van der Waals surface area (Å²) in [5, 5.41) is 2.69. The Hall–Kier alpha value is -2.82. The van der Waals surface area contributed by atoms with Gasteiger partial charge in [0.05, 0.1) is 17.9 Å². The Kier molecular flexibility index (Phi) is 4.28. The van der Waals surface area contributed by atoms with E-state index < -0.39 is 0 Å². The fourth-order valence-corrected chi connectivity index (χ4v) is 2.71. The molecule has 0 aromatic heterocycles. The SMILES string of the molecule is CN1CCN(C(=O)CNC(=O)c2ccccc2)c2ccccc21. The van der Waals surface area contributed by atoms with E-state index in [1.165, 1.54) is 0 Å². The molecule has 0 radical (unpaired) electrons. The van der Waals surface area contributed by atoms with Gasteiger partial charge in [0, 0.05) is 25.7 Å². The molecule has 5 nitrogen and oxygen atoms in total. The van der Waals surface area contributed by atoms with E-state index in [0.717, 1.165) is 17.9 Å². The van der Waals surface area contributed by atoms with Crippen molar-refractivity contribution in [2.75, 3.05) is 36.5 Å². The fraction of sp³-hybridized carbons (Fsp3) is 0.222. The van der Waals surface area contributed by atoms with E-state index in [1.54, 1.807) is 29.2 Å². The Labute approximate surface area is 135 Å². The van der Waals surface area contributed by atoms with Gasteiger partial charge in [-0.2, -0.15) is 0 Å². The van der Waals surface area contributed by atoms with Crippen LogP contribution in [-0.4, -0.2) is 38.5 Å². The summed E-state index contributed by atoms with van der Waals surface area (Å²) < 4.78 is 0. The lowest BCUT2D eigenvalue weighted by atomic mass is 10.1. The molecule has 1 heterocycles. The number of carbonyl (C=O) groups excluding carboxylic acids is 2. The molecule has 2 amide bonds. The van der Waals surface area contributed by atoms with Gasteiger partial charge >= 0.3 is 0 Å². The lowest BCUT2D eigenvalue weighted by Gasteiger charge is -2.35. The van der Waals surface area contributed by atoms with Crippen molar-refractivity contribution in [3.05, 3.63) is 60.2 Å². The number of nitrogens with one attached hydrogen (secondary N) is 1. The van der Waals surface area contributed by atoms with E-state index in [1.807, 2.05) is 37.4 Å². The molecule has 2 aromatic rings. The maximum atomic E-state index is 12.5. The number of hydrogen-bond donors (Lipinski definition) is 1. The van der Waals surface area contributed by atoms with Crippen LogP contribution in [0.2, 0.25) is 0 Å². The molecule has 3 rings (SSSR count). The van der Waals surface area contributed by atoms with Crippen LogP contribution in [-0.2, 0) is 4.79 Å². The number of nitrogens with zero attached hydrogens (tertiary/aromatic N) is 2. The average Bonchev–Trinajstić information content (AvgIpc) is 2.60. The molecule has 2 aromatic carbocycles. The first-order valence-corrected chi connectivity index (χ1v) is 7.60. The summed E-state index contributed by atoms with van der Waals surface area (Å²) in [4.78, 5) is 28.4. The van der Waals surface area contributed by atoms with E-state index in [9.17, 15) is 9.59 Å². The highest BCUT2D eigenvalue weighted by molar-refractivity contribution is 6.02. The van der Waals surface area contributed by atoms with Crippen molar-refractivity contribution in [2.45, 2.75) is 0 Å². The van der Waals surface area contributed by atoms with Crippen molar-refractivity contribution >= 4 is 23.2 Å². The molecular weight excluding hydrogens is 290 g/mol. The van der Waals surface area contributed by atoms with Crippen LogP contribution in [0.25, 0.3) is 0 Å². The Balaban J connectivity index is 1.68. The van der Waals surface area contributed by atoms with E-state index in [2.05, 4.69) is 10.2 Å². The maximum absolute atomic E-state index is 12.5. The zero-order valence-electron chi connectivity index (χ0n) is 13.0. The lowest BCUT2D eigenvalue weighted by Crippen LogP contribution is -2.46. The quantitative estimate of drug-likeness (QED) is 0.942. The highest BCUT2D eigenvalue weighted by Gasteiger charge is 2.24. The van der Waals surface area contributed by atoms with Gasteiger partial charge in [-0.05, 0) is 24.3 Å². The molecule has 1 aliphatic rings. The minimum absolute atomic E-state index is 0.00816. The second-order valence-corrected chi connectivity index (χ2v) is 5.50. The normalized spacial score (nSPS) is 13.4. The van der Waals surface area contributed by atoms with Crippen LogP contribution in [0.1, 0.15) is 10.4 Å². The molecule has 5 heteroatoms. The number of benzene rings is 2. The number of carbonyl (C=O) groups is 2. The van der Waals surface area contributed by atoms with Crippen molar-refractivity contribution in [3.8, 4) is 0 Å². The zero-order valence-corrected chi connectivity index (χ0v) is 13.0. The molecule has 0 atom stereocenters. The van der Waals surface area contributed by atoms with Gasteiger partial charge < -0.3 is 15.1 Å². The molecule has 1 aliphatic heterocycles. The van der Waals surface area contributed by atoms with Crippen LogP contribution in [0.15, 0.2) is 54.6 Å². The summed E-state index contributed by atoms with van der Waals surface area (Å²) in [6.07, 6.45) is 0. The van der Waals surface area contributed by atoms with Gasteiger partial charge in [-0.25, -0.2) is 0 Å². The summed E-state index contributed by atoms with van der Waals surface area (Å²) in [5.74, 6) is -0.337. The smallest absolute Gasteiger partial charge is 0.251 e.